The smallest absolute Gasteiger partial charge is 0.256 e. The Morgan fingerprint density at radius 1 is 0.958 bits per heavy atom. The highest BCUT2D eigenvalue weighted by Crippen LogP contribution is 2.32. The highest BCUT2D eigenvalue weighted by molar-refractivity contribution is 6.23. The van der Waals surface area contributed by atoms with Crippen LogP contribution in [0.3, 0.4) is 0 Å². The third kappa shape index (κ3) is 1.81. The van der Waals surface area contributed by atoms with Gasteiger partial charge in [0.15, 0.2) is 0 Å². The number of hydrogen-bond acceptors (Lipinski definition) is 3. The maximum atomic E-state index is 12.4. The van der Waals surface area contributed by atoms with Crippen molar-refractivity contribution in [3.63, 3.8) is 0 Å². The number of pyridine rings is 1. The number of hydrogen-bond donors (Lipinski definition) is 1. The Labute approximate surface area is 138 Å². The van der Waals surface area contributed by atoms with Gasteiger partial charge in [-0.25, -0.2) is 9.66 Å². The van der Waals surface area contributed by atoms with E-state index in [-0.39, 0.29) is 5.56 Å². The van der Waals surface area contributed by atoms with E-state index >= 15 is 0 Å². The van der Waals surface area contributed by atoms with E-state index in [1.165, 1.54) is 19.3 Å². The summed E-state index contributed by atoms with van der Waals surface area (Å²) in [6.07, 6.45) is 7.33. The fourth-order valence-electron chi connectivity index (χ4n) is 3.95. The standard InChI is InChI=1S/C19H18N4O/c24-19-16-13-6-2-3-7-14(13)18-17(15(16)8-9-20-19)21-12-23(18)22-10-4-1-5-11-22/h2-3,6-9,12H,1,4-5,10-11H2,(H,20,24). The second-order valence-corrected chi connectivity index (χ2v) is 6.44. The summed E-state index contributed by atoms with van der Waals surface area (Å²) in [5.74, 6) is 0. The predicted molar refractivity (Wildman–Crippen MR) is 97.2 cm³/mol. The van der Waals surface area contributed by atoms with Crippen LogP contribution in [0.15, 0.2) is 47.7 Å². The van der Waals surface area contributed by atoms with E-state index in [1.54, 1.807) is 6.20 Å². The zero-order valence-corrected chi connectivity index (χ0v) is 13.3. The molecule has 0 bridgehead atoms. The summed E-state index contributed by atoms with van der Waals surface area (Å²) in [5, 5.41) is 6.08. The molecule has 5 heteroatoms. The highest BCUT2D eigenvalue weighted by atomic mass is 16.1. The molecule has 5 rings (SSSR count). The fraction of sp³-hybridized carbons (Fsp3) is 0.263. The predicted octanol–water partition coefficient (Wildman–Crippen LogP) is 3.15. The van der Waals surface area contributed by atoms with Gasteiger partial charge >= 0.3 is 0 Å². The number of fused-ring (bicyclic) bond motifs is 6. The number of piperidine rings is 1. The van der Waals surface area contributed by atoms with E-state index in [0.29, 0.717) is 0 Å². The lowest BCUT2D eigenvalue weighted by Crippen LogP contribution is -2.38. The van der Waals surface area contributed by atoms with Gasteiger partial charge in [-0.2, -0.15) is 0 Å². The van der Waals surface area contributed by atoms with Gasteiger partial charge in [-0.05, 0) is 30.7 Å². The van der Waals surface area contributed by atoms with Crippen molar-refractivity contribution in [2.24, 2.45) is 0 Å². The van der Waals surface area contributed by atoms with Gasteiger partial charge in [0, 0.05) is 30.1 Å². The molecule has 24 heavy (non-hydrogen) atoms. The van der Waals surface area contributed by atoms with Gasteiger partial charge in [-0.3, -0.25) is 4.79 Å². The molecule has 0 amide bonds. The first-order valence-electron chi connectivity index (χ1n) is 8.49. The van der Waals surface area contributed by atoms with E-state index in [9.17, 15) is 4.79 Å². The lowest BCUT2D eigenvalue weighted by molar-refractivity contribution is 0.486. The molecule has 3 heterocycles. The number of aromatic amines is 1. The first-order chi connectivity index (χ1) is 11.8. The number of nitrogens with zero attached hydrogens (tertiary/aromatic N) is 3. The Balaban J connectivity index is 1.96. The number of nitrogens with one attached hydrogen (secondary N) is 1. The van der Waals surface area contributed by atoms with Crippen molar-refractivity contribution in [2.45, 2.75) is 19.3 Å². The molecule has 0 spiro atoms. The molecule has 1 fully saturated rings. The van der Waals surface area contributed by atoms with Crippen LogP contribution in [0, 0.1) is 0 Å². The van der Waals surface area contributed by atoms with E-state index in [2.05, 4.69) is 25.7 Å². The molecule has 0 radical (unpaired) electrons. The van der Waals surface area contributed by atoms with Crippen molar-refractivity contribution in [1.29, 1.82) is 0 Å². The first-order valence-corrected chi connectivity index (χ1v) is 8.49. The number of imidazole rings is 1. The molecule has 0 saturated carbocycles. The van der Waals surface area contributed by atoms with Crippen LogP contribution in [0.4, 0.5) is 0 Å². The topological polar surface area (TPSA) is 53.9 Å². The van der Waals surface area contributed by atoms with Crippen LogP contribution in [-0.2, 0) is 0 Å². The van der Waals surface area contributed by atoms with Crippen LogP contribution in [0.5, 0.6) is 0 Å². The first kappa shape index (κ1) is 13.6. The minimum absolute atomic E-state index is 0.0573. The van der Waals surface area contributed by atoms with Crippen molar-refractivity contribution < 1.29 is 0 Å². The molecular formula is C19H18N4O. The van der Waals surface area contributed by atoms with Crippen LogP contribution in [0.2, 0.25) is 0 Å². The molecule has 0 unspecified atom stereocenters. The van der Waals surface area contributed by atoms with Crippen LogP contribution >= 0.6 is 0 Å². The lowest BCUT2D eigenvalue weighted by atomic mass is 10.0. The SMILES string of the molecule is O=c1[nH]ccc2c3ncn(N4CCCCC4)c3c3ccccc3c12. The van der Waals surface area contributed by atoms with Gasteiger partial charge in [-0.1, -0.05) is 24.3 Å². The van der Waals surface area contributed by atoms with Gasteiger partial charge in [0.25, 0.3) is 5.56 Å². The van der Waals surface area contributed by atoms with Crippen LogP contribution < -0.4 is 10.6 Å². The normalized spacial score (nSPS) is 15.6. The number of aromatic nitrogens is 3. The third-order valence-electron chi connectivity index (χ3n) is 5.05. The van der Waals surface area contributed by atoms with Crippen LogP contribution in [-0.4, -0.2) is 27.7 Å². The van der Waals surface area contributed by atoms with Gasteiger partial charge in [0.2, 0.25) is 0 Å². The molecule has 0 atom stereocenters. The molecule has 1 N–H and O–H groups in total. The minimum atomic E-state index is -0.0573. The van der Waals surface area contributed by atoms with Crippen molar-refractivity contribution in [2.75, 3.05) is 18.1 Å². The molecule has 2 aromatic carbocycles. The Bertz CT molecular complexity index is 1120. The molecule has 2 aromatic heterocycles. The second kappa shape index (κ2) is 5.09. The Morgan fingerprint density at radius 3 is 2.58 bits per heavy atom. The van der Waals surface area contributed by atoms with Crippen molar-refractivity contribution in [1.82, 2.24) is 14.6 Å². The molecule has 4 aromatic rings. The summed E-state index contributed by atoms with van der Waals surface area (Å²) in [6, 6.07) is 10.1. The van der Waals surface area contributed by atoms with Crippen molar-refractivity contribution >= 4 is 32.6 Å². The van der Waals surface area contributed by atoms with E-state index < -0.39 is 0 Å². The van der Waals surface area contributed by atoms with Crippen LogP contribution in [0.1, 0.15) is 19.3 Å². The van der Waals surface area contributed by atoms with E-state index in [4.69, 9.17) is 0 Å². The summed E-state index contributed by atoms with van der Waals surface area (Å²) < 4.78 is 2.19. The van der Waals surface area contributed by atoms with E-state index in [0.717, 1.165) is 45.7 Å². The summed E-state index contributed by atoms with van der Waals surface area (Å²) in [6.45, 7) is 2.10. The molecule has 1 aliphatic rings. The number of benzene rings is 2. The average molecular weight is 318 g/mol. The van der Waals surface area contributed by atoms with Gasteiger partial charge < -0.3 is 9.99 Å². The summed E-state index contributed by atoms with van der Waals surface area (Å²) >= 11 is 0. The quantitative estimate of drug-likeness (QED) is 0.549. The molecular weight excluding hydrogens is 300 g/mol. The largest absolute Gasteiger partial charge is 0.329 e. The summed E-state index contributed by atoms with van der Waals surface area (Å²) in [5.41, 5.74) is 1.95. The monoisotopic (exact) mass is 318 g/mol. The number of rotatable bonds is 1. The number of H-pyrrole nitrogens is 1. The molecule has 5 nitrogen and oxygen atoms in total. The molecule has 1 aliphatic heterocycles. The Hall–Kier alpha value is -2.82. The highest BCUT2D eigenvalue weighted by Gasteiger charge is 2.18. The lowest BCUT2D eigenvalue weighted by Gasteiger charge is -2.30. The summed E-state index contributed by atoms with van der Waals surface area (Å²) in [7, 11) is 0. The molecule has 120 valence electrons. The molecule has 0 aliphatic carbocycles. The zero-order chi connectivity index (χ0) is 16.1. The van der Waals surface area contributed by atoms with Gasteiger partial charge in [0.05, 0.1) is 16.4 Å². The van der Waals surface area contributed by atoms with E-state index in [1.807, 2.05) is 30.6 Å². The Kier molecular flexibility index (Phi) is 2.89. The summed E-state index contributed by atoms with van der Waals surface area (Å²) in [4.78, 5) is 19.9. The minimum Gasteiger partial charge on any atom is -0.329 e. The van der Waals surface area contributed by atoms with Gasteiger partial charge in [-0.15, -0.1) is 0 Å². The average Bonchev–Trinajstić information content (AvgIpc) is 3.08. The maximum absolute atomic E-state index is 12.4. The zero-order valence-electron chi connectivity index (χ0n) is 13.3. The third-order valence-corrected chi connectivity index (χ3v) is 5.05. The molecule has 1 saturated heterocycles. The van der Waals surface area contributed by atoms with Crippen molar-refractivity contribution in [3.8, 4) is 0 Å². The van der Waals surface area contributed by atoms with Crippen molar-refractivity contribution in [3.05, 3.63) is 53.2 Å². The van der Waals surface area contributed by atoms with Gasteiger partial charge in [0.1, 0.15) is 6.33 Å². The maximum Gasteiger partial charge on any atom is 0.256 e. The second-order valence-electron chi connectivity index (χ2n) is 6.44. The van der Waals surface area contributed by atoms with Crippen LogP contribution in [0.25, 0.3) is 32.6 Å². The fourth-order valence-corrected chi connectivity index (χ4v) is 3.95. The Morgan fingerprint density at radius 2 is 1.75 bits per heavy atom.